The molecule has 1 aliphatic heterocycles. The molecule has 0 N–H and O–H groups in total. The monoisotopic (exact) mass is 511 g/mol. The van der Waals surface area contributed by atoms with Gasteiger partial charge in [0.15, 0.2) is 14.6 Å². The Morgan fingerprint density at radius 1 is 1.03 bits per heavy atom. The van der Waals surface area contributed by atoms with E-state index in [4.69, 9.17) is 9.47 Å². The molecule has 0 atom stereocenters. The Labute approximate surface area is 199 Å². The molecule has 0 bridgehead atoms. The second kappa shape index (κ2) is 10.9. The Bertz CT molecular complexity index is 1290. The lowest BCUT2D eigenvalue weighted by molar-refractivity contribution is -0.141. The molecule has 13 heteroatoms. The maximum absolute atomic E-state index is 12.5. The van der Waals surface area contributed by atoms with Gasteiger partial charge in [0, 0.05) is 13.1 Å². The smallest absolute Gasteiger partial charge is 0.337 e. The molecule has 11 nitrogen and oxygen atoms in total. The van der Waals surface area contributed by atoms with Gasteiger partial charge in [-0.25, -0.2) is 13.2 Å². The molecule has 34 heavy (non-hydrogen) atoms. The Morgan fingerprint density at radius 3 is 2.38 bits per heavy atom. The Hall–Kier alpha value is -3.06. The molecule has 1 aliphatic rings. The summed E-state index contributed by atoms with van der Waals surface area (Å²) in [5.41, 5.74) is 0.760. The average Bonchev–Trinajstić information content (AvgIpc) is 3.13. The van der Waals surface area contributed by atoms with Crippen molar-refractivity contribution in [3.8, 4) is 0 Å². The number of amides is 2. The summed E-state index contributed by atoms with van der Waals surface area (Å²) in [6, 6.07) is 4.59. The van der Waals surface area contributed by atoms with Gasteiger partial charge in [0.05, 0.1) is 30.0 Å². The van der Waals surface area contributed by atoms with Gasteiger partial charge in [-0.15, -0.1) is 0 Å². The minimum atomic E-state index is -4.03. The molecule has 0 radical (unpaired) electrons. The number of piperidine rings is 1. The van der Waals surface area contributed by atoms with E-state index < -0.39 is 45.1 Å². The highest BCUT2D eigenvalue weighted by Crippen LogP contribution is 2.20. The molecule has 0 aliphatic carbocycles. The van der Waals surface area contributed by atoms with Crippen molar-refractivity contribution < 1.29 is 37.1 Å². The van der Waals surface area contributed by atoms with E-state index in [1.807, 2.05) is 0 Å². The third kappa shape index (κ3) is 6.29. The van der Waals surface area contributed by atoms with Gasteiger partial charge in [0.2, 0.25) is 5.91 Å². The van der Waals surface area contributed by atoms with E-state index in [2.05, 4.69) is 4.99 Å². The molecule has 0 unspecified atom stereocenters. The van der Waals surface area contributed by atoms with Crippen LogP contribution in [-0.4, -0.2) is 80.5 Å². The van der Waals surface area contributed by atoms with Crippen molar-refractivity contribution >= 4 is 55.1 Å². The number of nitrogens with zero attached hydrogens (tertiary/aromatic N) is 3. The molecule has 2 heterocycles. The largest absolute Gasteiger partial charge is 0.468 e. The highest BCUT2D eigenvalue weighted by Gasteiger charge is 2.25. The van der Waals surface area contributed by atoms with Crippen molar-refractivity contribution in [2.75, 3.05) is 38.8 Å². The maximum Gasteiger partial charge on any atom is 0.337 e. The zero-order valence-electron chi connectivity index (χ0n) is 18.8. The third-order valence-electron chi connectivity index (χ3n) is 5.23. The van der Waals surface area contributed by atoms with Crippen LogP contribution in [0.3, 0.4) is 0 Å². The molecule has 0 saturated carbocycles. The molecule has 2 aromatic rings. The number of thiazole rings is 1. The van der Waals surface area contributed by atoms with Gasteiger partial charge in [-0.05, 0) is 37.5 Å². The molecule has 184 valence electrons. The van der Waals surface area contributed by atoms with Crippen LogP contribution in [0.25, 0.3) is 10.2 Å². The van der Waals surface area contributed by atoms with E-state index in [-0.39, 0.29) is 16.9 Å². The van der Waals surface area contributed by atoms with Gasteiger partial charge in [-0.1, -0.05) is 11.3 Å². The van der Waals surface area contributed by atoms with Gasteiger partial charge in [-0.2, -0.15) is 4.99 Å². The van der Waals surface area contributed by atoms with Gasteiger partial charge in [0.25, 0.3) is 5.91 Å². The number of hydrogen-bond donors (Lipinski definition) is 0. The predicted molar refractivity (Wildman–Crippen MR) is 123 cm³/mol. The van der Waals surface area contributed by atoms with Crippen molar-refractivity contribution in [2.45, 2.75) is 25.8 Å². The molecule has 2 amide bonds. The van der Waals surface area contributed by atoms with Gasteiger partial charge in [-0.3, -0.25) is 14.4 Å². The predicted octanol–water partition coefficient (Wildman–Crippen LogP) is 0.517. The standard InChI is InChI=1S/C21H25N3O8S2/c1-31-19(27)11-24-15-7-6-14(20(28)32-2)10-16(15)33-21(24)22-17(25)12-34(29,30)13-18(26)23-8-4-3-5-9-23/h6-7,10H,3-5,8-9,11-13H2,1-2H3. The first-order chi connectivity index (χ1) is 16.1. The Balaban J connectivity index is 1.88. The van der Waals surface area contributed by atoms with E-state index in [1.54, 1.807) is 6.07 Å². The number of likely N-dealkylation sites (tertiary alicyclic amines) is 1. The summed E-state index contributed by atoms with van der Waals surface area (Å²) in [7, 11) is -1.58. The van der Waals surface area contributed by atoms with Crippen molar-refractivity contribution in [2.24, 2.45) is 4.99 Å². The molecule has 1 aromatic carbocycles. The number of ether oxygens (including phenoxy) is 2. The first-order valence-electron chi connectivity index (χ1n) is 10.5. The summed E-state index contributed by atoms with van der Waals surface area (Å²) in [5.74, 6) is -4.35. The van der Waals surface area contributed by atoms with Gasteiger partial charge >= 0.3 is 11.9 Å². The molecule has 1 fully saturated rings. The lowest BCUT2D eigenvalue weighted by atomic mass is 10.1. The summed E-state index contributed by atoms with van der Waals surface area (Å²) >= 11 is 0.999. The van der Waals surface area contributed by atoms with Crippen molar-refractivity contribution in [1.82, 2.24) is 9.47 Å². The fourth-order valence-corrected chi connectivity index (χ4v) is 5.74. The molecular formula is C21H25N3O8S2. The second-order valence-electron chi connectivity index (χ2n) is 7.70. The van der Waals surface area contributed by atoms with E-state index in [9.17, 15) is 27.6 Å². The number of aromatic nitrogens is 1. The van der Waals surface area contributed by atoms with Crippen LogP contribution in [-0.2, 0) is 40.2 Å². The van der Waals surface area contributed by atoms with Crippen molar-refractivity contribution in [3.05, 3.63) is 28.6 Å². The number of sulfone groups is 1. The highest BCUT2D eigenvalue weighted by atomic mass is 32.2. The normalized spacial score (nSPS) is 14.8. The zero-order chi connectivity index (χ0) is 24.9. The van der Waals surface area contributed by atoms with Crippen LogP contribution >= 0.6 is 11.3 Å². The minimum Gasteiger partial charge on any atom is -0.468 e. The summed E-state index contributed by atoms with van der Waals surface area (Å²) in [4.78, 5) is 54.0. The van der Waals surface area contributed by atoms with Crippen LogP contribution in [0.5, 0.6) is 0 Å². The fourth-order valence-electron chi connectivity index (χ4n) is 3.55. The number of methoxy groups -OCH3 is 2. The lowest BCUT2D eigenvalue weighted by Gasteiger charge is -2.26. The zero-order valence-corrected chi connectivity index (χ0v) is 20.4. The number of carbonyl (C=O) groups is 4. The Kier molecular flexibility index (Phi) is 8.20. The SMILES string of the molecule is COC(=O)Cn1c(=NC(=O)CS(=O)(=O)CC(=O)N2CCCCC2)sc2cc(C(=O)OC)ccc21. The molecular weight excluding hydrogens is 486 g/mol. The minimum absolute atomic E-state index is 0.0602. The van der Waals surface area contributed by atoms with Crippen LogP contribution in [0.2, 0.25) is 0 Å². The van der Waals surface area contributed by atoms with E-state index in [0.29, 0.717) is 23.3 Å². The van der Waals surface area contributed by atoms with Crippen LogP contribution in [0.15, 0.2) is 23.2 Å². The number of hydrogen-bond acceptors (Lipinski definition) is 9. The first kappa shape index (κ1) is 25.6. The van der Waals surface area contributed by atoms with E-state index in [1.165, 1.54) is 35.8 Å². The fraction of sp³-hybridized carbons (Fsp3) is 0.476. The summed E-state index contributed by atoms with van der Waals surface area (Å²) in [6.45, 7) is 0.742. The van der Waals surface area contributed by atoms with Gasteiger partial charge in [0.1, 0.15) is 18.1 Å². The number of carbonyl (C=O) groups excluding carboxylic acids is 4. The number of esters is 2. The second-order valence-corrected chi connectivity index (χ2v) is 10.8. The number of rotatable bonds is 7. The first-order valence-corrected chi connectivity index (χ1v) is 13.1. The quantitative estimate of drug-likeness (QED) is 0.490. The molecule has 3 rings (SSSR count). The van der Waals surface area contributed by atoms with E-state index in [0.717, 1.165) is 30.6 Å². The summed E-state index contributed by atoms with van der Waals surface area (Å²) < 4.78 is 36.3. The molecule has 1 aromatic heterocycles. The number of benzene rings is 1. The van der Waals surface area contributed by atoms with E-state index >= 15 is 0 Å². The average molecular weight is 512 g/mol. The Morgan fingerprint density at radius 2 is 1.74 bits per heavy atom. The van der Waals surface area contributed by atoms with Crippen molar-refractivity contribution in [3.63, 3.8) is 0 Å². The van der Waals surface area contributed by atoms with Gasteiger partial charge < -0.3 is 18.9 Å². The van der Waals surface area contributed by atoms with Crippen LogP contribution in [0, 0.1) is 0 Å². The molecule has 0 spiro atoms. The third-order valence-corrected chi connectivity index (χ3v) is 7.65. The highest BCUT2D eigenvalue weighted by molar-refractivity contribution is 7.92. The van der Waals surface area contributed by atoms with Crippen LogP contribution < -0.4 is 4.80 Å². The van der Waals surface area contributed by atoms with Crippen LogP contribution in [0.4, 0.5) is 0 Å². The van der Waals surface area contributed by atoms with Crippen molar-refractivity contribution in [1.29, 1.82) is 0 Å². The topological polar surface area (TPSA) is 141 Å². The molecule has 1 saturated heterocycles. The lowest BCUT2D eigenvalue weighted by Crippen LogP contribution is -2.40. The number of fused-ring (bicyclic) bond motifs is 1. The maximum atomic E-state index is 12.5. The summed E-state index contributed by atoms with van der Waals surface area (Å²) in [6.07, 6.45) is 2.64. The summed E-state index contributed by atoms with van der Waals surface area (Å²) in [5, 5.41) is 0. The van der Waals surface area contributed by atoms with Crippen LogP contribution in [0.1, 0.15) is 29.6 Å².